The Labute approximate surface area is 95.6 Å². The maximum absolute atomic E-state index is 13.1. The van der Waals surface area contributed by atoms with E-state index in [4.69, 9.17) is 4.74 Å². The zero-order valence-corrected chi connectivity index (χ0v) is 8.85. The van der Waals surface area contributed by atoms with Crippen molar-refractivity contribution in [3.63, 3.8) is 0 Å². The molecule has 0 aliphatic carbocycles. The summed E-state index contributed by atoms with van der Waals surface area (Å²) in [5, 5.41) is 2.88. The molecule has 0 bridgehead atoms. The molecule has 2 nitrogen and oxygen atoms in total. The van der Waals surface area contributed by atoms with E-state index in [-0.39, 0.29) is 12.2 Å². The van der Waals surface area contributed by atoms with Crippen LogP contribution < -0.4 is 5.32 Å². The lowest BCUT2D eigenvalue weighted by Crippen LogP contribution is -2.35. The monoisotopic (exact) mass is 249 g/mol. The highest BCUT2D eigenvalue weighted by Gasteiger charge is 2.35. The normalized spacial score (nSPS) is 21.5. The van der Waals surface area contributed by atoms with Crippen molar-refractivity contribution >= 4 is 0 Å². The Balaban J connectivity index is 2.39. The second-order valence-corrected chi connectivity index (χ2v) is 3.81. The average Bonchev–Trinajstić information content (AvgIpc) is 2.28. The van der Waals surface area contributed by atoms with Crippen LogP contribution >= 0.6 is 0 Å². The number of halogens is 4. The topological polar surface area (TPSA) is 21.3 Å². The van der Waals surface area contributed by atoms with Crippen LogP contribution in [0.4, 0.5) is 17.6 Å². The molecule has 0 amide bonds. The third kappa shape index (κ3) is 2.76. The molecular weight excluding hydrogens is 238 g/mol. The number of ether oxygens (including phenoxy) is 1. The molecule has 0 radical (unpaired) electrons. The van der Waals surface area contributed by atoms with Gasteiger partial charge in [0.25, 0.3) is 0 Å². The summed E-state index contributed by atoms with van der Waals surface area (Å²) in [6.07, 6.45) is -4.48. The minimum absolute atomic E-state index is 0.0998. The summed E-state index contributed by atoms with van der Waals surface area (Å²) in [4.78, 5) is 0. The van der Waals surface area contributed by atoms with Crippen LogP contribution in [0.15, 0.2) is 18.2 Å². The Kier molecular flexibility index (Phi) is 3.35. The number of alkyl halides is 3. The van der Waals surface area contributed by atoms with Gasteiger partial charge in [0.1, 0.15) is 5.82 Å². The highest BCUT2D eigenvalue weighted by molar-refractivity contribution is 5.33. The van der Waals surface area contributed by atoms with E-state index in [0.717, 1.165) is 18.2 Å². The number of hydrogen-bond donors (Lipinski definition) is 1. The maximum Gasteiger partial charge on any atom is 0.416 e. The van der Waals surface area contributed by atoms with Crippen LogP contribution in [0, 0.1) is 5.82 Å². The first kappa shape index (κ1) is 12.3. The Hall–Kier alpha value is -1.14. The lowest BCUT2D eigenvalue weighted by atomic mass is 9.99. The molecule has 0 aromatic heterocycles. The van der Waals surface area contributed by atoms with E-state index in [2.05, 4.69) is 5.32 Å². The second-order valence-electron chi connectivity index (χ2n) is 3.81. The molecule has 1 aromatic carbocycles. The fourth-order valence-corrected chi connectivity index (χ4v) is 1.85. The minimum Gasteiger partial charge on any atom is -0.378 e. The van der Waals surface area contributed by atoms with Crippen molar-refractivity contribution in [2.24, 2.45) is 0 Å². The predicted octanol–water partition coefficient (Wildman–Crippen LogP) is 2.51. The van der Waals surface area contributed by atoms with Crippen molar-refractivity contribution in [2.75, 3.05) is 19.8 Å². The summed E-state index contributed by atoms with van der Waals surface area (Å²) in [6, 6.07) is 1.88. The largest absolute Gasteiger partial charge is 0.416 e. The van der Waals surface area contributed by atoms with Crippen molar-refractivity contribution in [1.29, 1.82) is 0 Å². The predicted molar refractivity (Wildman–Crippen MR) is 53.0 cm³/mol. The Morgan fingerprint density at radius 1 is 1.29 bits per heavy atom. The highest BCUT2D eigenvalue weighted by Crippen LogP contribution is 2.35. The first-order chi connectivity index (χ1) is 7.98. The molecular formula is C11H11F4NO. The van der Waals surface area contributed by atoms with Gasteiger partial charge in [0.15, 0.2) is 0 Å². The molecule has 1 aliphatic heterocycles. The second kappa shape index (κ2) is 4.62. The van der Waals surface area contributed by atoms with E-state index >= 15 is 0 Å². The summed E-state index contributed by atoms with van der Waals surface area (Å²) in [7, 11) is 0. The quantitative estimate of drug-likeness (QED) is 0.772. The zero-order chi connectivity index (χ0) is 12.5. The van der Waals surface area contributed by atoms with Gasteiger partial charge in [0.05, 0.1) is 24.8 Å². The van der Waals surface area contributed by atoms with Crippen LogP contribution in [0.3, 0.4) is 0 Å². The minimum atomic E-state index is -4.48. The number of benzene rings is 1. The summed E-state index contributed by atoms with van der Waals surface area (Å²) in [5.41, 5.74) is -0.917. The van der Waals surface area contributed by atoms with Crippen molar-refractivity contribution in [3.05, 3.63) is 35.1 Å². The lowest BCUT2D eigenvalue weighted by Gasteiger charge is -2.26. The summed E-state index contributed by atoms with van der Waals surface area (Å²) in [6.45, 7) is 1.03. The molecule has 1 aromatic rings. The number of hydrogen-bond acceptors (Lipinski definition) is 2. The number of rotatable bonds is 1. The van der Waals surface area contributed by atoms with Gasteiger partial charge in [-0.25, -0.2) is 4.39 Å². The summed E-state index contributed by atoms with van der Waals surface area (Å²) in [5.74, 6) is -0.680. The molecule has 1 saturated heterocycles. The van der Waals surface area contributed by atoms with Crippen molar-refractivity contribution < 1.29 is 22.3 Å². The summed E-state index contributed by atoms with van der Waals surface area (Å²) >= 11 is 0. The van der Waals surface area contributed by atoms with Crippen molar-refractivity contribution in [3.8, 4) is 0 Å². The number of nitrogens with one attached hydrogen (secondary N) is 1. The third-order valence-electron chi connectivity index (χ3n) is 2.62. The molecule has 94 valence electrons. The van der Waals surface area contributed by atoms with E-state index in [1.807, 2.05) is 0 Å². The molecule has 0 unspecified atom stereocenters. The molecule has 17 heavy (non-hydrogen) atoms. The lowest BCUT2D eigenvalue weighted by molar-refractivity contribution is -0.138. The van der Waals surface area contributed by atoms with Gasteiger partial charge < -0.3 is 10.1 Å². The van der Waals surface area contributed by atoms with E-state index in [9.17, 15) is 17.6 Å². The maximum atomic E-state index is 13.1. The van der Waals surface area contributed by atoms with Gasteiger partial charge in [-0.2, -0.15) is 13.2 Å². The molecule has 1 aliphatic rings. The smallest absolute Gasteiger partial charge is 0.378 e. The molecule has 1 fully saturated rings. The fraction of sp³-hybridized carbons (Fsp3) is 0.455. The van der Waals surface area contributed by atoms with Gasteiger partial charge >= 0.3 is 6.18 Å². The first-order valence-electron chi connectivity index (χ1n) is 5.16. The van der Waals surface area contributed by atoms with Gasteiger partial charge in [0, 0.05) is 6.54 Å². The first-order valence-corrected chi connectivity index (χ1v) is 5.16. The van der Waals surface area contributed by atoms with Crippen LogP contribution in [-0.2, 0) is 10.9 Å². The van der Waals surface area contributed by atoms with Crippen LogP contribution in [0.5, 0.6) is 0 Å². The fourth-order valence-electron chi connectivity index (χ4n) is 1.85. The molecule has 6 heteroatoms. The van der Waals surface area contributed by atoms with Gasteiger partial charge in [-0.15, -0.1) is 0 Å². The van der Waals surface area contributed by atoms with E-state index < -0.39 is 23.6 Å². The average molecular weight is 249 g/mol. The van der Waals surface area contributed by atoms with E-state index in [0.29, 0.717) is 13.2 Å². The standard InChI is InChI=1S/C11H11F4NO/c12-7-1-2-9(11(13,14)15)8(5-7)10-6-17-4-3-16-10/h1-2,5,10,16H,3-4,6H2/t10-/m1/s1. The van der Waals surface area contributed by atoms with Gasteiger partial charge in [-0.05, 0) is 23.8 Å². The van der Waals surface area contributed by atoms with Gasteiger partial charge in [0.2, 0.25) is 0 Å². The van der Waals surface area contributed by atoms with Crippen LogP contribution in [0.2, 0.25) is 0 Å². The molecule has 0 spiro atoms. The Bertz CT molecular complexity index is 399. The van der Waals surface area contributed by atoms with Crippen molar-refractivity contribution in [1.82, 2.24) is 5.32 Å². The van der Waals surface area contributed by atoms with Gasteiger partial charge in [-0.3, -0.25) is 0 Å². The highest BCUT2D eigenvalue weighted by atomic mass is 19.4. The zero-order valence-electron chi connectivity index (χ0n) is 8.85. The molecule has 1 atom stereocenters. The van der Waals surface area contributed by atoms with Crippen LogP contribution in [0.25, 0.3) is 0 Å². The van der Waals surface area contributed by atoms with Gasteiger partial charge in [-0.1, -0.05) is 0 Å². The number of morpholine rings is 1. The van der Waals surface area contributed by atoms with E-state index in [1.54, 1.807) is 0 Å². The van der Waals surface area contributed by atoms with Crippen LogP contribution in [-0.4, -0.2) is 19.8 Å². The molecule has 2 rings (SSSR count). The molecule has 1 heterocycles. The molecule has 1 N–H and O–H groups in total. The summed E-state index contributed by atoms with van der Waals surface area (Å²) < 4.78 is 56.4. The Morgan fingerprint density at radius 3 is 2.65 bits per heavy atom. The van der Waals surface area contributed by atoms with Crippen molar-refractivity contribution in [2.45, 2.75) is 12.2 Å². The SMILES string of the molecule is Fc1ccc(C(F)(F)F)c([C@H]2COCCN2)c1. The van der Waals surface area contributed by atoms with E-state index in [1.165, 1.54) is 0 Å². The Morgan fingerprint density at radius 2 is 2.06 bits per heavy atom. The van der Waals surface area contributed by atoms with Crippen LogP contribution in [0.1, 0.15) is 17.2 Å². The third-order valence-corrected chi connectivity index (χ3v) is 2.62. The molecule has 0 saturated carbocycles.